The summed E-state index contributed by atoms with van der Waals surface area (Å²) in [5.41, 5.74) is 2.38. The molecule has 1 aromatic heterocycles. The number of hydrogen-bond donors (Lipinski definition) is 1. The molecule has 0 saturated carbocycles. The van der Waals surface area contributed by atoms with Crippen LogP contribution in [0.5, 0.6) is 5.75 Å². The van der Waals surface area contributed by atoms with Crippen molar-refractivity contribution in [2.75, 3.05) is 26.5 Å². The standard InChI is InChI=1S/C21H21N3O4/c1-13-18(19(23-28-13)14-8-6-5-7-9-14)20(25)22-16-12-15(21(26)24(2)3)10-11-17(16)27-4/h5-12H,1-4H3,(H,22,25). The Kier molecular flexibility index (Phi) is 5.44. The third-order valence-electron chi connectivity index (χ3n) is 4.24. The molecular formula is C21H21N3O4. The Balaban J connectivity index is 1.97. The van der Waals surface area contributed by atoms with Gasteiger partial charge in [-0.15, -0.1) is 0 Å². The van der Waals surface area contributed by atoms with Crippen molar-refractivity contribution in [1.29, 1.82) is 0 Å². The smallest absolute Gasteiger partial charge is 0.261 e. The number of ether oxygens (including phenoxy) is 1. The maximum Gasteiger partial charge on any atom is 0.261 e. The summed E-state index contributed by atoms with van der Waals surface area (Å²) < 4.78 is 10.6. The van der Waals surface area contributed by atoms with E-state index in [1.807, 2.05) is 30.3 Å². The van der Waals surface area contributed by atoms with E-state index in [-0.39, 0.29) is 5.91 Å². The number of benzene rings is 2. The zero-order valence-electron chi connectivity index (χ0n) is 16.1. The SMILES string of the molecule is COc1ccc(C(=O)N(C)C)cc1NC(=O)c1c(-c2ccccc2)noc1C. The monoisotopic (exact) mass is 379 g/mol. The summed E-state index contributed by atoms with van der Waals surface area (Å²) in [7, 11) is 4.83. The van der Waals surface area contributed by atoms with E-state index in [4.69, 9.17) is 9.26 Å². The third kappa shape index (κ3) is 3.73. The molecule has 0 radical (unpaired) electrons. The van der Waals surface area contributed by atoms with Crippen molar-refractivity contribution in [3.05, 3.63) is 65.4 Å². The Hall–Kier alpha value is -3.61. The molecule has 0 aliphatic heterocycles. The van der Waals surface area contributed by atoms with E-state index in [9.17, 15) is 9.59 Å². The molecule has 7 heteroatoms. The molecule has 0 fully saturated rings. The average molecular weight is 379 g/mol. The molecule has 28 heavy (non-hydrogen) atoms. The summed E-state index contributed by atoms with van der Waals surface area (Å²) in [4.78, 5) is 26.7. The largest absolute Gasteiger partial charge is 0.495 e. The fourth-order valence-electron chi connectivity index (χ4n) is 2.81. The fourth-order valence-corrected chi connectivity index (χ4v) is 2.81. The first-order valence-corrected chi connectivity index (χ1v) is 8.65. The molecule has 3 rings (SSSR count). The number of hydrogen-bond acceptors (Lipinski definition) is 5. The summed E-state index contributed by atoms with van der Waals surface area (Å²) in [6, 6.07) is 14.2. The summed E-state index contributed by atoms with van der Waals surface area (Å²) >= 11 is 0. The zero-order valence-corrected chi connectivity index (χ0v) is 16.1. The number of anilines is 1. The van der Waals surface area contributed by atoms with Gasteiger partial charge in [0.05, 0.1) is 12.8 Å². The fraction of sp³-hybridized carbons (Fsp3) is 0.190. The lowest BCUT2D eigenvalue weighted by molar-refractivity contribution is 0.0827. The van der Waals surface area contributed by atoms with Gasteiger partial charge in [-0.05, 0) is 25.1 Å². The van der Waals surface area contributed by atoms with E-state index in [0.29, 0.717) is 34.0 Å². The normalized spacial score (nSPS) is 10.4. The zero-order chi connectivity index (χ0) is 20.3. The van der Waals surface area contributed by atoms with Crippen LogP contribution in [0.15, 0.2) is 53.1 Å². The molecule has 7 nitrogen and oxygen atoms in total. The molecule has 0 aliphatic carbocycles. The molecule has 0 saturated heterocycles. The molecule has 1 N–H and O–H groups in total. The van der Waals surface area contributed by atoms with Crippen LogP contribution in [-0.2, 0) is 0 Å². The van der Waals surface area contributed by atoms with Crippen LogP contribution in [0.2, 0.25) is 0 Å². The first kappa shape index (κ1) is 19.2. The number of carbonyl (C=O) groups is 2. The van der Waals surface area contributed by atoms with E-state index < -0.39 is 5.91 Å². The number of nitrogens with zero attached hydrogens (tertiary/aromatic N) is 2. The highest BCUT2D eigenvalue weighted by molar-refractivity contribution is 6.10. The van der Waals surface area contributed by atoms with E-state index >= 15 is 0 Å². The molecule has 0 bridgehead atoms. The van der Waals surface area contributed by atoms with Crippen LogP contribution in [0, 0.1) is 6.92 Å². The highest BCUT2D eigenvalue weighted by Gasteiger charge is 2.23. The average Bonchev–Trinajstić information content (AvgIpc) is 3.09. The molecule has 2 amide bonds. The van der Waals surface area contributed by atoms with Crippen molar-refractivity contribution in [3.63, 3.8) is 0 Å². The molecular weight excluding hydrogens is 358 g/mol. The minimum Gasteiger partial charge on any atom is -0.495 e. The summed E-state index contributed by atoms with van der Waals surface area (Å²) in [5, 5.41) is 6.85. The quantitative estimate of drug-likeness (QED) is 0.732. The highest BCUT2D eigenvalue weighted by atomic mass is 16.5. The van der Waals surface area contributed by atoms with Crippen LogP contribution in [0.4, 0.5) is 5.69 Å². The summed E-state index contributed by atoms with van der Waals surface area (Å²) in [5.74, 6) is 0.268. The number of nitrogens with one attached hydrogen (secondary N) is 1. The van der Waals surface area contributed by atoms with Gasteiger partial charge in [0.15, 0.2) is 0 Å². The van der Waals surface area contributed by atoms with Gasteiger partial charge in [-0.1, -0.05) is 35.5 Å². The number of aromatic nitrogens is 1. The van der Waals surface area contributed by atoms with Crippen molar-refractivity contribution in [2.45, 2.75) is 6.92 Å². The second kappa shape index (κ2) is 7.96. The maximum absolute atomic E-state index is 13.0. The molecule has 144 valence electrons. The van der Waals surface area contributed by atoms with Gasteiger partial charge >= 0.3 is 0 Å². The predicted octanol–water partition coefficient (Wildman–Crippen LogP) is 3.61. The Bertz CT molecular complexity index is 1010. The molecule has 3 aromatic rings. The van der Waals surface area contributed by atoms with Gasteiger partial charge in [0, 0.05) is 25.2 Å². The van der Waals surface area contributed by atoms with Crippen molar-refractivity contribution in [3.8, 4) is 17.0 Å². The molecule has 0 unspecified atom stereocenters. The molecule has 1 heterocycles. The van der Waals surface area contributed by atoms with E-state index in [1.165, 1.54) is 12.0 Å². The Morgan fingerprint density at radius 2 is 1.82 bits per heavy atom. The second-order valence-electron chi connectivity index (χ2n) is 6.40. The lowest BCUT2D eigenvalue weighted by Crippen LogP contribution is -2.22. The minimum absolute atomic E-state index is 0.177. The second-order valence-corrected chi connectivity index (χ2v) is 6.40. The Morgan fingerprint density at radius 3 is 2.46 bits per heavy atom. The third-order valence-corrected chi connectivity index (χ3v) is 4.24. The van der Waals surface area contributed by atoms with Gasteiger partial charge in [0.2, 0.25) is 0 Å². The minimum atomic E-state index is -0.398. The van der Waals surface area contributed by atoms with Gasteiger partial charge in [0.1, 0.15) is 22.8 Å². The van der Waals surface area contributed by atoms with Gasteiger partial charge < -0.3 is 19.5 Å². The number of carbonyl (C=O) groups excluding carboxylic acids is 2. The van der Waals surface area contributed by atoms with Gasteiger partial charge in [-0.3, -0.25) is 9.59 Å². The number of aryl methyl sites for hydroxylation is 1. The number of methoxy groups -OCH3 is 1. The molecule has 0 spiro atoms. The van der Waals surface area contributed by atoms with Crippen LogP contribution >= 0.6 is 0 Å². The lowest BCUT2D eigenvalue weighted by Gasteiger charge is -2.14. The van der Waals surface area contributed by atoms with E-state index in [1.54, 1.807) is 39.2 Å². The van der Waals surface area contributed by atoms with Crippen LogP contribution in [0.1, 0.15) is 26.5 Å². The van der Waals surface area contributed by atoms with E-state index in [2.05, 4.69) is 10.5 Å². The van der Waals surface area contributed by atoms with Crippen LogP contribution in [0.3, 0.4) is 0 Å². The van der Waals surface area contributed by atoms with Crippen molar-refractivity contribution >= 4 is 17.5 Å². The van der Waals surface area contributed by atoms with Crippen LogP contribution in [-0.4, -0.2) is 43.1 Å². The highest BCUT2D eigenvalue weighted by Crippen LogP contribution is 2.29. The van der Waals surface area contributed by atoms with Crippen molar-refractivity contribution < 1.29 is 18.8 Å². The lowest BCUT2D eigenvalue weighted by atomic mass is 10.1. The topological polar surface area (TPSA) is 84.7 Å². The van der Waals surface area contributed by atoms with Crippen LogP contribution in [0.25, 0.3) is 11.3 Å². The molecule has 0 atom stereocenters. The Morgan fingerprint density at radius 1 is 1.11 bits per heavy atom. The van der Waals surface area contributed by atoms with Gasteiger partial charge in [-0.2, -0.15) is 0 Å². The van der Waals surface area contributed by atoms with Crippen LogP contribution < -0.4 is 10.1 Å². The summed E-state index contributed by atoms with van der Waals surface area (Å²) in [6.07, 6.45) is 0. The van der Waals surface area contributed by atoms with E-state index in [0.717, 1.165) is 5.56 Å². The van der Waals surface area contributed by atoms with Gasteiger partial charge in [0.25, 0.3) is 11.8 Å². The first-order valence-electron chi connectivity index (χ1n) is 8.65. The van der Waals surface area contributed by atoms with Crippen molar-refractivity contribution in [2.24, 2.45) is 0 Å². The maximum atomic E-state index is 13.0. The molecule has 0 aliphatic rings. The molecule has 2 aromatic carbocycles. The Labute approximate surface area is 162 Å². The number of amides is 2. The predicted molar refractivity (Wildman–Crippen MR) is 106 cm³/mol. The number of rotatable bonds is 5. The van der Waals surface area contributed by atoms with Crippen molar-refractivity contribution in [1.82, 2.24) is 10.1 Å². The summed E-state index contributed by atoms with van der Waals surface area (Å²) in [6.45, 7) is 1.68. The first-order chi connectivity index (χ1) is 13.4. The van der Waals surface area contributed by atoms with Gasteiger partial charge in [-0.25, -0.2) is 0 Å².